The molecule has 2 aromatic carbocycles. The molecule has 4 fully saturated rings. The van der Waals surface area contributed by atoms with Crippen LogP contribution in [-0.2, 0) is 14.8 Å². The zero-order chi connectivity index (χ0) is 44.4. The third kappa shape index (κ3) is 9.31. The molecule has 64 heavy (non-hydrogen) atoms. The monoisotopic (exact) mass is 890 g/mol. The standard InChI is InChI=1S/C48H58N8O7S/c1-32(2)39-6-3-4-7-40(39)42-8-5-21-55(42)35-11-16-48(17-12-35)18-22-54(23-19-48)36-9-10-41(44(27-36)63-37-26-34-13-20-49-45(34)51-30-37)47(57)53-64(60,61)38-28-43(56(58)59)46(52-31-38)50-29-33-14-24-62-25-15-33/h3-4,6-7,9-10,13,20,26-28,30-33,35,42H,5,8,11-12,14-19,21-25,29H2,1-2H3,(H,49,51)(H,50,52)(H,53,57)/t42-/m1/s1. The highest BCUT2D eigenvalue weighted by molar-refractivity contribution is 7.90. The number of nitrogens with one attached hydrogen (secondary N) is 3. The van der Waals surface area contributed by atoms with Gasteiger partial charge in [-0.25, -0.2) is 23.1 Å². The van der Waals surface area contributed by atoms with Crippen LogP contribution in [0.3, 0.4) is 0 Å². The predicted octanol–water partition coefficient (Wildman–Crippen LogP) is 9.11. The van der Waals surface area contributed by atoms with Crippen LogP contribution in [0.25, 0.3) is 11.0 Å². The van der Waals surface area contributed by atoms with Gasteiger partial charge in [-0.05, 0) is 123 Å². The van der Waals surface area contributed by atoms with Crippen LogP contribution in [0.2, 0.25) is 0 Å². The molecule has 15 nitrogen and oxygen atoms in total. The first-order chi connectivity index (χ1) is 30.9. The molecule has 4 aliphatic rings. The average molecular weight is 891 g/mol. The normalized spacial score (nSPS) is 19.9. The molecule has 16 heteroatoms. The second kappa shape index (κ2) is 18.5. The van der Waals surface area contributed by atoms with Crippen molar-refractivity contribution in [2.75, 3.05) is 49.6 Å². The molecule has 6 heterocycles. The van der Waals surface area contributed by atoms with Gasteiger partial charge in [-0.3, -0.25) is 19.8 Å². The minimum Gasteiger partial charge on any atom is -0.455 e. The van der Waals surface area contributed by atoms with E-state index >= 15 is 0 Å². The summed E-state index contributed by atoms with van der Waals surface area (Å²) in [5, 5.41) is 15.9. The van der Waals surface area contributed by atoms with Crippen molar-refractivity contribution in [2.45, 2.75) is 101 Å². The summed E-state index contributed by atoms with van der Waals surface area (Å²) in [6, 6.07) is 19.9. The molecule has 1 atom stereocenters. The number of hydrogen-bond donors (Lipinski definition) is 3. The highest BCUT2D eigenvalue weighted by Gasteiger charge is 2.42. The van der Waals surface area contributed by atoms with Gasteiger partial charge in [-0.1, -0.05) is 38.1 Å². The predicted molar refractivity (Wildman–Crippen MR) is 246 cm³/mol. The van der Waals surface area contributed by atoms with Crippen LogP contribution in [0, 0.1) is 21.4 Å². The molecule has 1 spiro atoms. The van der Waals surface area contributed by atoms with Crippen LogP contribution in [-0.4, -0.2) is 84.5 Å². The Balaban J connectivity index is 0.894. The first-order valence-electron chi connectivity index (χ1n) is 22.8. The van der Waals surface area contributed by atoms with E-state index in [4.69, 9.17) is 9.47 Å². The summed E-state index contributed by atoms with van der Waals surface area (Å²) in [5.41, 5.74) is 4.29. The maximum absolute atomic E-state index is 14.0. The second-order valence-corrected chi connectivity index (χ2v) is 20.1. The molecular weight excluding hydrogens is 833 g/mol. The molecule has 3 aromatic heterocycles. The van der Waals surface area contributed by atoms with Crippen molar-refractivity contribution in [3.05, 3.63) is 106 Å². The van der Waals surface area contributed by atoms with Crippen molar-refractivity contribution in [1.82, 2.24) is 24.6 Å². The first kappa shape index (κ1) is 43.7. The van der Waals surface area contributed by atoms with E-state index in [1.54, 1.807) is 30.6 Å². The van der Waals surface area contributed by atoms with Gasteiger partial charge in [0.1, 0.15) is 22.0 Å². The van der Waals surface area contributed by atoms with Crippen LogP contribution in [0.5, 0.6) is 11.5 Å². The number of anilines is 2. The molecule has 9 rings (SSSR count). The maximum atomic E-state index is 14.0. The third-order valence-electron chi connectivity index (χ3n) is 14.2. The number of amides is 1. The van der Waals surface area contributed by atoms with Gasteiger partial charge in [0.25, 0.3) is 15.9 Å². The van der Waals surface area contributed by atoms with Crippen molar-refractivity contribution in [3.63, 3.8) is 0 Å². The van der Waals surface area contributed by atoms with Gasteiger partial charge in [0.05, 0.1) is 22.9 Å². The fraction of sp³-hybridized carbons (Fsp3) is 0.479. The Morgan fingerprint density at radius 3 is 2.52 bits per heavy atom. The Labute approximate surface area is 374 Å². The Hall–Kier alpha value is -5.58. The molecule has 3 saturated heterocycles. The number of piperidine rings is 1. The number of hydrogen-bond acceptors (Lipinski definition) is 12. The number of aromatic nitrogens is 3. The van der Waals surface area contributed by atoms with Crippen LogP contribution in [0.4, 0.5) is 17.2 Å². The number of aromatic amines is 1. The molecule has 338 valence electrons. The number of H-pyrrole nitrogens is 1. The van der Waals surface area contributed by atoms with E-state index in [0.717, 1.165) is 62.1 Å². The molecule has 0 radical (unpaired) electrons. The molecule has 0 bridgehead atoms. The van der Waals surface area contributed by atoms with Gasteiger partial charge in [0, 0.05) is 74.3 Å². The zero-order valence-corrected chi connectivity index (χ0v) is 37.4. The summed E-state index contributed by atoms with van der Waals surface area (Å²) in [6.45, 7) is 9.12. The van der Waals surface area contributed by atoms with Crippen LogP contribution in [0.1, 0.15) is 112 Å². The van der Waals surface area contributed by atoms with Crippen molar-refractivity contribution >= 4 is 44.2 Å². The van der Waals surface area contributed by atoms with Crippen molar-refractivity contribution in [3.8, 4) is 11.5 Å². The van der Waals surface area contributed by atoms with Crippen molar-refractivity contribution < 1.29 is 27.6 Å². The van der Waals surface area contributed by atoms with E-state index in [-0.39, 0.29) is 23.0 Å². The molecule has 1 saturated carbocycles. The number of carbonyl (C=O) groups excluding carboxylic acids is 1. The lowest BCUT2D eigenvalue weighted by molar-refractivity contribution is -0.384. The van der Waals surface area contributed by atoms with Gasteiger partial charge >= 0.3 is 5.69 Å². The number of benzene rings is 2. The molecule has 0 unspecified atom stereocenters. The first-order valence-corrected chi connectivity index (χ1v) is 24.3. The lowest BCUT2D eigenvalue weighted by Gasteiger charge is -2.48. The van der Waals surface area contributed by atoms with E-state index in [1.807, 2.05) is 12.1 Å². The molecule has 3 N–H and O–H groups in total. The summed E-state index contributed by atoms with van der Waals surface area (Å²) in [7, 11) is -4.60. The lowest BCUT2D eigenvalue weighted by Crippen LogP contribution is -2.45. The number of sulfonamides is 1. The number of likely N-dealkylation sites (tertiary alicyclic amines) is 1. The van der Waals surface area contributed by atoms with Crippen LogP contribution in [0.15, 0.2) is 84.1 Å². The second-order valence-electron chi connectivity index (χ2n) is 18.4. The number of carbonyl (C=O) groups is 1. The molecule has 1 amide bonds. The molecule has 5 aromatic rings. The minimum atomic E-state index is -4.60. The quantitative estimate of drug-likeness (QED) is 0.0754. The SMILES string of the molecule is CC(C)c1ccccc1[C@H]1CCCN1C1CCC2(CC1)CCN(c1ccc(C(=O)NS(=O)(=O)c3cnc(NCC4CCOCC4)c([N+](=O)[O-])c3)c(Oc3cnc4[nH]ccc4c3)c1)CC2. The van der Waals surface area contributed by atoms with E-state index in [2.05, 4.69) is 72.9 Å². The number of ether oxygens (including phenoxy) is 2. The zero-order valence-electron chi connectivity index (χ0n) is 36.6. The maximum Gasteiger partial charge on any atom is 0.312 e. The topological polar surface area (TPSA) is 185 Å². The molecule has 3 aliphatic heterocycles. The highest BCUT2D eigenvalue weighted by Crippen LogP contribution is 2.49. The third-order valence-corrected chi connectivity index (χ3v) is 15.5. The van der Waals surface area contributed by atoms with Gasteiger partial charge in [-0.15, -0.1) is 0 Å². The summed E-state index contributed by atoms with van der Waals surface area (Å²) in [6.07, 6.45) is 15.4. The van der Waals surface area contributed by atoms with E-state index in [0.29, 0.717) is 54.6 Å². The Kier molecular flexibility index (Phi) is 12.6. The van der Waals surface area contributed by atoms with Crippen molar-refractivity contribution in [2.24, 2.45) is 11.3 Å². The van der Waals surface area contributed by atoms with Crippen LogP contribution >= 0.6 is 0 Å². The van der Waals surface area contributed by atoms with Crippen LogP contribution < -0.4 is 19.7 Å². The summed E-state index contributed by atoms with van der Waals surface area (Å²) >= 11 is 0. The number of rotatable bonds is 13. The molecular formula is C48H58N8O7S. The van der Waals surface area contributed by atoms with Gasteiger partial charge in [0.15, 0.2) is 0 Å². The number of nitrogens with zero attached hydrogens (tertiary/aromatic N) is 5. The number of pyridine rings is 2. The van der Waals surface area contributed by atoms with Crippen molar-refractivity contribution in [1.29, 1.82) is 0 Å². The van der Waals surface area contributed by atoms with E-state index in [9.17, 15) is 23.3 Å². The van der Waals surface area contributed by atoms with E-state index < -0.39 is 31.4 Å². The lowest BCUT2D eigenvalue weighted by atomic mass is 9.66. The summed E-state index contributed by atoms with van der Waals surface area (Å²) in [4.78, 5) is 41.6. The fourth-order valence-corrected chi connectivity index (χ4v) is 11.5. The summed E-state index contributed by atoms with van der Waals surface area (Å²) in [5.74, 6) is 0.267. The van der Waals surface area contributed by atoms with Gasteiger partial charge < -0.3 is 24.7 Å². The average Bonchev–Trinajstić information content (AvgIpc) is 3.99. The summed E-state index contributed by atoms with van der Waals surface area (Å²) < 4.78 is 41.2. The minimum absolute atomic E-state index is 0.0262. The Bertz CT molecular complexity index is 2590. The highest BCUT2D eigenvalue weighted by atomic mass is 32.2. The van der Waals surface area contributed by atoms with Gasteiger partial charge in [0.2, 0.25) is 5.82 Å². The largest absolute Gasteiger partial charge is 0.455 e. The fourth-order valence-electron chi connectivity index (χ4n) is 10.6. The molecule has 1 aliphatic carbocycles. The Morgan fingerprint density at radius 1 is 0.969 bits per heavy atom. The van der Waals surface area contributed by atoms with Gasteiger partial charge in [-0.2, -0.15) is 0 Å². The van der Waals surface area contributed by atoms with E-state index in [1.165, 1.54) is 56.2 Å². The number of nitro groups is 1. The Morgan fingerprint density at radius 2 is 1.75 bits per heavy atom. The number of fused-ring (bicyclic) bond motifs is 1. The smallest absolute Gasteiger partial charge is 0.312 e.